The van der Waals surface area contributed by atoms with Crippen molar-refractivity contribution < 1.29 is 0 Å². The average molecular weight is 265 g/mol. The van der Waals surface area contributed by atoms with Crippen molar-refractivity contribution in [1.29, 1.82) is 0 Å². The van der Waals surface area contributed by atoms with E-state index < -0.39 is 0 Å². The molecule has 18 heavy (non-hydrogen) atoms. The molecule has 2 heterocycles. The Kier molecular flexibility index (Phi) is 3.39. The van der Waals surface area contributed by atoms with Gasteiger partial charge in [-0.05, 0) is 19.8 Å². The summed E-state index contributed by atoms with van der Waals surface area (Å²) in [6, 6.07) is 0. The van der Waals surface area contributed by atoms with Gasteiger partial charge in [0.2, 0.25) is 0 Å². The number of hydrogen-bond acceptors (Lipinski definition) is 3. The molecule has 2 aromatic heterocycles. The SMILES string of the molecule is Cc1nc(-c2cnn(C)c2C)nc(Cl)c1C(C)C. The zero-order chi connectivity index (χ0) is 13.4. The van der Waals surface area contributed by atoms with Gasteiger partial charge < -0.3 is 0 Å². The molecule has 0 radical (unpaired) electrons. The first kappa shape index (κ1) is 13.0. The lowest BCUT2D eigenvalue weighted by atomic mass is 10.0. The van der Waals surface area contributed by atoms with Crippen LogP contribution in [0.3, 0.4) is 0 Å². The van der Waals surface area contributed by atoms with Crippen LogP contribution >= 0.6 is 11.6 Å². The molecule has 0 bridgehead atoms. The van der Waals surface area contributed by atoms with E-state index in [0.717, 1.165) is 22.5 Å². The number of aromatic nitrogens is 4. The van der Waals surface area contributed by atoms with Crippen LogP contribution < -0.4 is 0 Å². The fourth-order valence-electron chi connectivity index (χ4n) is 2.04. The number of rotatable bonds is 2. The van der Waals surface area contributed by atoms with Gasteiger partial charge in [-0.2, -0.15) is 5.10 Å². The molecule has 0 saturated heterocycles. The summed E-state index contributed by atoms with van der Waals surface area (Å²) >= 11 is 6.26. The highest BCUT2D eigenvalue weighted by Crippen LogP contribution is 2.28. The fraction of sp³-hybridized carbons (Fsp3) is 0.462. The van der Waals surface area contributed by atoms with Gasteiger partial charge in [-0.15, -0.1) is 0 Å². The van der Waals surface area contributed by atoms with Crippen LogP contribution in [0.1, 0.15) is 36.7 Å². The van der Waals surface area contributed by atoms with Gasteiger partial charge in [0.1, 0.15) is 5.15 Å². The zero-order valence-corrected chi connectivity index (χ0v) is 12.1. The van der Waals surface area contributed by atoms with Crippen LogP contribution in [0.5, 0.6) is 0 Å². The van der Waals surface area contributed by atoms with Crippen molar-refractivity contribution in [1.82, 2.24) is 19.7 Å². The number of hydrogen-bond donors (Lipinski definition) is 0. The van der Waals surface area contributed by atoms with E-state index in [4.69, 9.17) is 11.6 Å². The summed E-state index contributed by atoms with van der Waals surface area (Å²) < 4.78 is 1.80. The van der Waals surface area contributed by atoms with Crippen molar-refractivity contribution >= 4 is 11.6 Å². The van der Waals surface area contributed by atoms with Crippen LogP contribution in [-0.4, -0.2) is 19.7 Å². The topological polar surface area (TPSA) is 43.6 Å². The van der Waals surface area contributed by atoms with Gasteiger partial charge in [0.15, 0.2) is 5.82 Å². The van der Waals surface area contributed by atoms with Gasteiger partial charge in [-0.25, -0.2) is 9.97 Å². The Morgan fingerprint density at radius 3 is 2.33 bits per heavy atom. The quantitative estimate of drug-likeness (QED) is 0.782. The minimum atomic E-state index is 0.321. The molecule has 2 rings (SSSR count). The molecule has 0 amide bonds. The highest BCUT2D eigenvalue weighted by atomic mass is 35.5. The average Bonchev–Trinajstić information content (AvgIpc) is 2.58. The standard InChI is InChI=1S/C13H17ClN4/c1-7(2)11-8(3)16-13(17-12(11)14)10-6-15-18(5)9(10)4/h6-7H,1-5H3. The molecule has 96 valence electrons. The Balaban J connectivity index is 2.58. The van der Waals surface area contributed by atoms with Crippen LogP contribution in [0, 0.1) is 13.8 Å². The van der Waals surface area contributed by atoms with E-state index in [9.17, 15) is 0 Å². The fourth-order valence-corrected chi connectivity index (χ4v) is 2.48. The Morgan fingerprint density at radius 2 is 1.89 bits per heavy atom. The molecule has 0 spiro atoms. The van der Waals surface area contributed by atoms with Crippen LogP contribution in [0.4, 0.5) is 0 Å². The predicted molar refractivity (Wildman–Crippen MR) is 72.8 cm³/mol. The first-order chi connectivity index (χ1) is 8.41. The van der Waals surface area contributed by atoms with Gasteiger partial charge in [0.05, 0.1) is 11.8 Å². The molecule has 0 aliphatic rings. The lowest BCUT2D eigenvalue weighted by Crippen LogP contribution is -2.02. The number of aryl methyl sites for hydroxylation is 2. The molecule has 0 atom stereocenters. The largest absolute Gasteiger partial charge is 0.272 e. The minimum absolute atomic E-state index is 0.321. The van der Waals surface area contributed by atoms with Crippen molar-refractivity contribution in [3.8, 4) is 11.4 Å². The third kappa shape index (κ3) is 2.12. The predicted octanol–water partition coefficient (Wildman–Crippen LogP) is 3.27. The van der Waals surface area contributed by atoms with E-state index in [1.54, 1.807) is 10.9 Å². The molecule has 0 unspecified atom stereocenters. The van der Waals surface area contributed by atoms with E-state index in [1.807, 2.05) is 20.9 Å². The first-order valence-corrected chi connectivity index (χ1v) is 6.32. The van der Waals surface area contributed by atoms with Gasteiger partial charge in [-0.1, -0.05) is 25.4 Å². The van der Waals surface area contributed by atoms with E-state index in [2.05, 4.69) is 28.9 Å². The van der Waals surface area contributed by atoms with Crippen LogP contribution in [0.2, 0.25) is 5.15 Å². The zero-order valence-electron chi connectivity index (χ0n) is 11.3. The Bertz CT molecular complexity index is 564. The van der Waals surface area contributed by atoms with Crippen molar-refractivity contribution in [2.24, 2.45) is 7.05 Å². The molecule has 0 N–H and O–H groups in total. The summed E-state index contributed by atoms with van der Waals surface area (Å²) in [6.45, 7) is 8.14. The van der Waals surface area contributed by atoms with Crippen LogP contribution in [-0.2, 0) is 7.05 Å². The van der Waals surface area contributed by atoms with Gasteiger partial charge in [0.25, 0.3) is 0 Å². The Labute approximate surface area is 112 Å². The summed E-state index contributed by atoms with van der Waals surface area (Å²) in [5.41, 5.74) is 3.91. The Hall–Kier alpha value is -1.42. The molecule has 0 fully saturated rings. The summed E-state index contributed by atoms with van der Waals surface area (Å²) in [5.74, 6) is 0.967. The van der Waals surface area contributed by atoms with Crippen LogP contribution in [0.25, 0.3) is 11.4 Å². The maximum atomic E-state index is 6.26. The second kappa shape index (κ2) is 4.69. The molecular weight excluding hydrogens is 248 g/mol. The summed E-state index contributed by atoms with van der Waals surface area (Å²) in [4.78, 5) is 8.95. The number of halogens is 1. The summed E-state index contributed by atoms with van der Waals surface area (Å²) in [5, 5.41) is 4.74. The van der Waals surface area contributed by atoms with E-state index in [-0.39, 0.29) is 0 Å². The van der Waals surface area contributed by atoms with Crippen molar-refractivity contribution in [3.63, 3.8) is 0 Å². The molecule has 0 aliphatic heterocycles. The number of nitrogens with zero attached hydrogens (tertiary/aromatic N) is 4. The van der Waals surface area contributed by atoms with Crippen molar-refractivity contribution in [2.75, 3.05) is 0 Å². The summed E-state index contributed by atoms with van der Waals surface area (Å²) in [7, 11) is 1.90. The summed E-state index contributed by atoms with van der Waals surface area (Å²) in [6.07, 6.45) is 1.77. The van der Waals surface area contributed by atoms with Gasteiger partial charge in [0, 0.05) is 24.0 Å². The van der Waals surface area contributed by atoms with Crippen molar-refractivity contribution in [2.45, 2.75) is 33.6 Å². The third-order valence-corrected chi connectivity index (χ3v) is 3.43. The van der Waals surface area contributed by atoms with Crippen LogP contribution in [0.15, 0.2) is 6.20 Å². The third-order valence-electron chi connectivity index (χ3n) is 3.14. The molecule has 2 aromatic rings. The molecule has 4 nitrogen and oxygen atoms in total. The lowest BCUT2D eigenvalue weighted by molar-refractivity contribution is 0.740. The maximum Gasteiger partial charge on any atom is 0.164 e. The molecule has 0 aliphatic carbocycles. The maximum absolute atomic E-state index is 6.26. The molecule has 5 heteroatoms. The van der Waals surface area contributed by atoms with Gasteiger partial charge in [-0.3, -0.25) is 4.68 Å². The molecule has 0 saturated carbocycles. The first-order valence-electron chi connectivity index (χ1n) is 5.94. The minimum Gasteiger partial charge on any atom is -0.272 e. The van der Waals surface area contributed by atoms with Crippen molar-refractivity contribution in [3.05, 3.63) is 28.3 Å². The Morgan fingerprint density at radius 1 is 1.22 bits per heavy atom. The highest BCUT2D eigenvalue weighted by molar-refractivity contribution is 6.30. The lowest BCUT2D eigenvalue weighted by Gasteiger charge is -2.12. The van der Waals surface area contributed by atoms with E-state index in [1.165, 1.54) is 0 Å². The second-order valence-electron chi connectivity index (χ2n) is 4.76. The monoisotopic (exact) mass is 264 g/mol. The van der Waals surface area contributed by atoms with E-state index >= 15 is 0 Å². The second-order valence-corrected chi connectivity index (χ2v) is 5.12. The van der Waals surface area contributed by atoms with Gasteiger partial charge >= 0.3 is 0 Å². The highest BCUT2D eigenvalue weighted by Gasteiger charge is 2.16. The normalized spacial score (nSPS) is 11.3. The van der Waals surface area contributed by atoms with E-state index in [0.29, 0.717) is 16.9 Å². The molecular formula is C13H17ClN4. The molecule has 0 aromatic carbocycles. The smallest absolute Gasteiger partial charge is 0.164 e.